The number of methoxy groups -OCH3 is 1. The summed E-state index contributed by atoms with van der Waals surface area (Å²) in [5.74, 6) is -0.707. The number of aliphatic carboxylic acids is 1. The highest BCUT2D eigenvalue weighted by Crippen LogP contribution is 2.23. The summed E-state index contributed by atoms with van der Waals surface area (Å²) >= 11 is 1.42. The molecule has 1 unspecified atom stereocenters. The molecule has 0 radical (unpaired) electrons. The Balaban J connectivity index is 2.15. The van der Waals surface area contributed by atoms with Gasteiger partial charge in [0.2, 0.25) is 0 Å². The molecule has 0 fully saturated rings. The topological polar surface area (TPSA) is 75.6 Å². The van der Waals surface area contributed by atoms with Gasteiger partial charge in [0.15, 0.2) is 0 Å². The van der Waals surface area contributed by atoms with Gasteiger partial charge in [0, 0.05) is 10.4 Å². The van der Waals surface area contributed by atoms with Crippen LogP contribution in [0.3, 0.4) is 0 Å². The van der Waals surface area contributed by atoms with Gasteiger partial charge in [0.25, 0.3) is 5.91 Å². The number of ether oxygens (including phenoxy) is 1. The normalized spacial score (nSPS) is 11.7. The first-order chi connectivity index (χ1) is 10.1. The standard InChI is InChI=1S/C15H15NO4S/c1-20-11-5-2-4-10(8-11)15(19)16-12(9-14(17)18)13-6-3-7-21-13/h2-8,12H,9H2,1H3,(H,16,19)(H,17,18). The molecule has 1 atom stereocenters. The zero-order valence-electron chi connectivity index (χ0n) is 11.4. The molecule has 1 aromatic heterocycles. The fourth-order valence-electron chi connectivity index (χ4n) is 1.89. The molecule has 110 valence electrons. The second-order valence-electron chi connectivity index (χ2n) is 4.37. The van der Waals surface area contributed by atoms with Crippen LogP contribution in [0.1, 0.15) is 27.7 Å². The Kier molecular flexibility index (Phi) is 4.94. The third kappa shape index (κ3) is 4.06. The molecule has 2 rings (SSSR count). The van der Waals surface area contributed by atoms with Crippen LogP contribution >= 0.6 is 11.3 Å². The summed E-state index contributed by atoms with van der Waals surface area (Å²) in [5.41, 5.74) is 0.432. The van der Waals surface area contributed by atoms with Gasteiger partial charge >= 0.3 is 5.97 Å². The van der Waals surface area contributed by atoms with Crippen molar-refractivity contribution in [3.05, 3.63) is 52.2 Å². The molecule has 21 heavy (non-hydrogen) atoms. The van der Waals surface area contributed by atoms with Crippen molar-refractivity contribution in [2.75, 3.05) is 7.11 Å². The molecule has 0 saturated heterocycles. The highest BCUT2D eigenvalue weighted by atomic mass is 32.1. The summed E-state index contributed by atoms with van der Waals surface area (Å²) in [6.45, 7) is 0. The quantitative estimate of drug-likeness (QED) is 0.860. The maximum Gasteiger partial charge on any atom is 0.305 e. The van der Waals surface area contributed by atoms with Gasteiger partial charge in [-0.05, 0) is 29.6 Å². The number of amides is 1. The van der Waals surface area contributed by atoms with E-state index in [0.717, 1.165) is 4.88 Å². The number of thiophene rings is 1. The van der Waals surface area contributed by atoms with Crippen LogP contribution in [0.15, 0.2) is 41.8 Å². The van der Waals surface area contributed by atoms with E-state index in [1.165, 1.54) is 18.4 Å². The van der Waals surface area contributed by atoms with Crippen LogP contribution in [0.2, 0.25) is 0 Å². The van der Waals surface area contributed by atoms with Crippen LogP contribution in [0.5, 0.6) is 5.75 Å². The molecular formula is C15H15NO4S. The molecule has 2 aromatic rings. The lowest BCUT2D eigenvalue weighted by Gasteiger charge is -2.15. The molecule has 5 nitrogen and oxygen atoms in total. The van der Waals surface area contributed by atoms with Crippen LogP contribution < -0.4 is 10.1 Å². The molecule has 6 heteroatoms. The van der Waals surface area contributed by atoms with Crippen LogP contribution in [0.25, 0.3) is 0 Å². The molecule has 0 aliphatic rings. The molecule has 2 N–H and O–H groups in total. The molecule has 0 saturated carbocycles. The maximum atomic E-state index is 12.2. The fraction of sp³-hybridized carbons (Fsp3) is 0.200. The fourth-order valence-corrected chi connectivity index (χ4v) is 2.67. The van der Waals surface area contributed by atoms with Crippen molar-refractivity contribution in [2.24, 2.45) is 0 Å². The Morgan fingerprint density at radius 1 is 1.33 bits per heavy atom. The van der Waals surface area contributed by atoms with Crippen LogP contribution in [-0.2, 0) is 4.79 Å². The average Bonchev–Trinajstić information content (AvgIpc) is 3.00. The lowest BCUT2D eigenvalue weighted by atomic mass is 10.1. The van der Waals surface area contributed by atoms with E-state index in [9.17, 15) is 9.59 Å². The van der Waals surface area contributed by atoms with E-state index < -0.39 is 12.0 Å². The number of benzene rings is 1. The Morgan fingerprint density at radius 3 is 2.76 bits per heavy atom. The van der Waals surface area contributed by atoms with E-state index in [1.54, 1.807) is 24.3 Å². The smallest absolute Gasteiger partial charge is 0.305 e. The number of hydrogen-bond acceptors (Lipinski definition) is 4. The monoisotopic (exact) mass is 305 g/mol. The van der Waals surface area contributed by atoms with Crippen molar-refractivity contribution in [1.82, 2.24) is 5.32 Å². The predicted molar refractivity (Wildman–Crippen MR) is 79.8 cm³/mol. The second kappa shape index (κ2) is 6.90. The molecular weight excluding hydrogens is 290 g/mol. The minimum absolute atomic E-state index is 0.157. The number of carboxylic acid groups (broad SMARTS) is 1. The van der Waals surface area contributed by atoms with E-state index in [-0.39, 0.29) is 12.3 Å². The number of nitrogens with one attached hydrogen (secondary N) is 1. The van der Waals surface area contributed by atoms with Gasteiger partial charge in [-0.1, -0.05) is 12.1 Å². The molecule has 0 bridgehead atoms. The SMILES string of the molecule is COc1cccc(C(=O)NC(CC(=O)O)c2cccs2)c1. The predicted octanol–water partition coefficient (Wildman–Crippen LogP) is 2.70. The maximum absolute atomic E-state index is 12.2. The highest BCUT2D eigenvalue weighted by Gasteiger charge is 2.19. The summed E-state index contributed by atoms with van der Waals surface area (Å²) in [6, 6.07) is 9.82. The lowest BCUT2D eigenvalue weighted by molar-refractivity contribution is -0.137. The lowest BCUT2D eigenvalue weighted by Crippen LogP contribution is -2.29. The Hall–Kier alpha value is -2.34. The third-order valence-corrected chi connectivity index (χ3v) is 3.89. The van der Waals surface area contributed by atoms with Gasteiger partial charge < -0.3 is 15.2 Å². The molecule has 1 amide bonds. The minimum atomic E-state index is -0.959. The Bertz CT molecular complexity index is 624. The van der Waals surface area contributed by atoms with Crippen LogP contribution in [0.4, 0.5) is 0 Å². The van der Waals surface area contributed by atoms with E-state index >= 15 is 0 Å². The molecule has 0 spiro atoms. The van der Waals surface area contributed by atoms with Crippen molar-refractivity contribution < 1.29 is 19.4 Å². The number of carbonyl (C=O) groups excluding carboxylic acids is 1. The van der Waals surface area contributed by atoms with Crippen molar-refractivity contribution in [2.45, 2.75) is 12.5 Å². The first-order valence-corrected chi connectivity index (χ1v) is 7.18. The Labute approximate surface area is 126 Å². The van der Waals surface area contributed by atoms with Crippen molar-refractivity contribution in [3.8, 4) is 5.75 Å². The molecule has 0 aliphatic carbocycles. The minimum Gasteiger partial charge on any atom is -0.497 e. The number of carboxylic acids is 1. The van der Waals surface area contributed by atoms with Crippen molar-refractivity contribution in [3.63, 3.8) is 0 Å². The largest absolute Gasteiger partial charge is 0.497 e. The van der Waals surface area contributed by atoms with Crippen molar-refractivity contribution in [1.29, 1.82) is 0 Å². The molecule has 0 aliphatic heterocycles. The zero-order valence-corrected chi connectivity index (χ0v) is 12.2. The summed E-state index contributed by atoms with van der Waals surface area (Å²) in [5, 5.41) is 13.6. The van der Waals surface area contributed by atoms with Gasteiger partial charge in [-0.2, -0.15) is 0 Å². The summed E-state index contributed by atoms with van der Waals surface area (Å²) in [6.07, 6.45) is -0.157. The highest BCUT2D eigenvalue weighted by molar-refractivity contribution is 7.10. The van der Waals surface area contributed by atoms with E-state index in [4.69, 9.17) is 9.84 Å². The summed E-state index contributed by atoms with van der Waals surface area (Å²) < 4.78 is 5.07. The second-order valence-corrected chi connectivity index (χ2v) is 5.35. The summed E-state index contributed by atoms with van der Waals surface area (Å²) in [4.78, 5) is 24.0. The third-order valence-electron chi connectivity index (χ3n) is 2.90. The van der Waals surface area contributed by atoms with Gasteiger partial charge in [-0.3, -0.25) is 9.59 Å². The van der Waals surface area contributed by atoms with E-state index in [0.29, 0.717) is 11.3 Å². The number of carbonyl (C=O) groups is 2. The van der Waals surface area contributed by atoms with E-state index in [1.807, 2.05) is 17.5 Å². The Morgan fingerprint density at radius 2 is 2.14 bits per heavy atom. The van der Waals surface area contributed by atoms with E-state index in [2.05, 4.69) is 5.32 Å². The summed E-state index contributed by atoms with van der Waals surface area (Å²) in [7, 11) is 1.52. The number of rotatable bonds is 6. The first kappa shape index (κ1) is 15.1. The van der Waals surface area contributed by atoms with Gasteiger partial charge in [0.05, 0.1) is 19.6 Å². The average molecular weight is 305 g/mol. The van der Waals surface area contributed by atoms with Crippen molar-refractivity contribution >= 4 is 23.2 Å². The first-order valence-electron chi connectivity index (χ1n) is 6.30. The number of hydrogen-bond donors (Lipinski definition) is 2. The molecule has 1 heterocycles. The van der Waals surface area contributed by atoms with Crippen LogP contribution in [0, 0.1) is 0 Å². The van der Waals surface area contributed by atoms with Gasteiger partial charge in [-0.25, -0.2) is 0 Å². The molecule has 1 aromatic carbocycles. The van der Waals surface area contributed by atoms with Gasteiger partial charge in [-0.15, -0.1) is 11.3 Å². The van der Waals surface area contributed by atoms with Gasteiger partial charge in [0.1, 0.15) is 5.75 Å². The zero-order chi connectivity index (χ0) is 15.2. The van der Waals surface area contributed by atoms with Crippen LogP contribution in [-0.4, -0.2) is 24.1 Å².